The Morgan fingerprint density at radius 2 is 1.19 bits per heavy atom. The van der Waals surface area contributed by atoms with E-state index >= 15 is 0 Å². The lowest BCUT2D eigenvalue weighted by atomic mass is 10.1. The van der Waals surface area contributed by atoms with Crippen molar-refractivity contribution in [2.24, 2.45) is 0 Å². The van der Waals surface area contributed by atoms with Gasteiger partial charge in [0.2, 0.25) is 0 Å². The molecule has 0 unspecified atom stereocenters. The molecule has 4 rings (SSSR count). The Bertz CT molecular complexity index is 1460. The van der Waals surface area contributed by atoms with Gasteiger partial charge in [-0.1, -0.05) is 23.2 Å². The molecule has 0 saturated carbocycles. The molecule has 0 radical (unpaired) electrons. The molecule has 0 saturated heterocycles. The van der Waals surface area contributed by atoms with Crippen molar-refractivity contribution in [2.75, 3.05) is 0 Å². The Labute approximate surface area is 212 Å². The maximum absolute atomic E-state index is 13.5. The zero-order valence-electron chi connectivity index (χ0n) is 17.8. The first-order chi connectivity index (χ1) is 17.1. The fraction of sp³-hybridized carbons (Fsp3) is 0.0870. The third-order valence-electron chi connectivity index (χ3n) is 4.84. The molecule has 188 valence electrons. The number of rotatable bonds is 8. The second-order valence-corrected chi connectivity index (χ2v) is 9.70. The summed E-state index contributed by atoms with van der Waals surface area (Å²) in [5.41, 5.74) is 0.514. The lowest BCUT2D eigenvalue weighted by Crippen LogP contribution is -2.16. The van der Waals surface area contributed by atoms with Crippen LogP contribution in [-0.4, -0.2) is 30.8 Å². The van der Waals surface area contributed by atoms with E-state index in [-0.39, 0.29) is 38.4 Å². The van der Waals surface area contributed by atoms with Gasteiger partial charge in [0.1, 0.15) is 22.9 Å². The smallest absolute Gasteiger partial charge is 0.387 e. The van der Waals surface area contributed by atoms with Gasteiger partial charge < -0.3 is 9.47 Å². The van der Waals surface area contributed by atoms with Crippen molar-refractivity contribution in [3.63, 3.8) is 0 Å². The molecule has 0 fully saturated rings. The topological polar surface area (TPSA) is 70.4 Å². The van der Waals surface area contributed by atoms with Crippen molar-refractivity contribution in [1.82, 2.24) is 9.19 Å². The van der Waals surface area contributed by atoms with Crippen LogP contribution in [0.2, 0.25) is 10.0 Å². The Morgan fingerprint density at radius 3 is 1.67 bits per heavy atom. The second-order valence-electron chi connectivity index (χ2n) is 7.12. The minimum atomic E-state index is -4.31. The summed E-state index contributed by atoms with van der Waals surface area (Å²) in [6.07, 6.45) is 0. The normalized spacial score (nSPS) is 11.8. The van der Waals surface area contributed by atoms with E-state index < -0.39 is 23.2 Å². The van der Waals surface area contributed by atoms with E-state index in [1.165, 1.54) is 72.8 Å². The Kier molecular flexibility index (Phi) is 7.43. The molecule has 13 heteroatoms. The summed E-state index contributed by atoms with van der Waals surface area (Å²) in [7, 11) is -4.31. The van der Waals surface area contributed by atoms with E-state index in [1.54, 1.807) is 0 Å². The van der Waals surface area contributed by atoms with Gasteiger partial charge in [-0.25, -0.2) is 0 Å². The Morgan fingerprint density at radius 1 is 0.722 bits per heavy atom. The van der Waals surface area contributed by atoms with Crippen molar-refractivity contribution < 1.29 is 35.5 Å². The van der Waals surface area contributed by atoms with Crippen LogP contribution in [0.3, 0.4) is 0 Å². The average Bonchev–Trinajstić information content (AvgIpc) is 3.17. The number of nitrogens with zero attached hydrogens (tertiary/aromatic N) is 2. The quantitative estimate of drug-likeness (QED) is 0.218. The van der Waals surface area contributed by atoms with Gasteiger partial charge in [-0.05, 0) is 72.8 Å². The van der Waals surface area contributed by atoms with Crippen LogP contribution < -0.4 is 9.47 Å². The Hall–Kier alpha value is -3.28. The van der Waals surface area contributed by atoms with Crippen LogP contribution in [-0.2, 0) is 10.0 Å². The summed E-state index contributed by atoms with van der Waals surface area (Å²) < 4.78 is 86.4. The number of hydrogen-bond donors (Lipinski definition) is 0. The highest BCUT2D eigenvalue weighted by molar-refractivity contribution is 7.90. The average molecular weight is 561 g/mol. The summed E-state index contributed by atoms with van der Waals surface area (Å²) in [6.45, 7) is -6.06. The zero-order chi connectivity index (χ0) is 26.0. The number of benzene rings is 3. The van der Waals surface area contributed by atoms with E-state index in [0.29, 0.717) is 14.7 Å². The minimum Gasteiger partial charge on any atom is -0.435 e. The second kappa shape index (κ2) is 10.4. The summed E-state index contributed by atoms with van der Waals surface area (Å²) in [5, 5.41) is 4.44. The van der Waals surface area contributed by atoms with Gasteiger partial charge >= 0.3 is 13.2 Å². The molecule has 0 bridgehead atoms. The molecule has 36 heavy (non-hydrogen) atoms. The highest BCUT2D eigenvalue weighted by Crippen LogP contribution is 2.39. The molecule has 0 atom stereocenters. The molecule has 6 nitrogen and oxygen atoms in total. The molecule has 1 aromatic heterocycles. The van der Waals surface area contributed by atoms with Gasteiger partial charge in [0, 0.05) is 16.1 Å². The fourth-order valence-corrected chi connectivity index (χ4v) is 5.09. The number of hydrogen-bond acceptors (Lipinski definition) is 5. The van der Waals surface area contributed by atoms with E-state index in [4.69, 9.17) is 23.2 Å². The van der Waals surface area contributed by atoms with Crippen molar-refractivity contribution >= 4 is 33.2 Å². The molecule has 3 aromatic carbocycles. The Balaban J connectivity index is 1.87. The fourth-order valence-electron chi connectivity index (χ4n) is 3.27. The predicted molar refractivity (Wildman–Crippen MR) is 125 cm³/mol. The highest BCUT2D eigenvalue weighted by atomic mass is 35.5. The number of ether oxygens (including phenoxy) is 2. The number of halogens is 6. The number of aromatic nitrogens is 2. The predicted octanol–water partition coefficient (Wildman–Crippen LogP) is 6.96. The molecule has 0 aliphatic heterocycles. The standard InChI is InChI=1S/C23H14Cl2F4N2O4S/c24-15-5-11-18(12-6-15)36(32,33)31-21(14-3-9-17(10-4-14)35-23(28)29)19(25)20(30-31)13-1-7-16(8-2-13)34-22(26)27/h1-12,22-23H. The lowest BCUT2D eigenvalue weighted by Gasteiger charge is -2.10. The molecule has 0 N–H and O–H groups in total. The van der Waals surface area contributed by atoms with Crippen LogP contribution in [0.4, 0.5) is 17.6 Å². The summed E-state index contributed by atoms with van der Waals surface area (Å²) >= 11 is 12.5. The summed E-state index contributed by atoms with van der Waals surface area (Å²) in [6, 6.07) is 15.7. The van der Waals surface area contributed by atoms with Crippen LogP contribution >= 0.6 is 23.2 Å². The van der Waals surface area contributed by atoms with E-state index in [9.17, 15) is 26.0 Å². The lowest BCUT2D eigenvalue weighted by molar-refractivity contribution is -0.0505. The van der Waals surface area contributed by atoms with Crippen LogP contribution in [0.1, 0.15) is 0 Å². The minimum absolute atomic E-state index is 0.0284. The van der Waals surface area contributed by atoms with Gasteiger partial charge in [-0.15, -0.1) is 0 Å². The molecule has 0 aliphatic carbocycles. The monoisotopic (exact) mass is 560 g/mol. The zero-order valence-corrected chi connectivity index (χ0v) is 20.1. The maximum Gasteiger partial charge on any atom is 0.387 e. The van der Waals surface area contributed by atoms with E-state index in [0.717, 1.165) is 0 Å². The van der Waals surface area contributed by atoms with Gasteiger partial charge in [-0.3, -0.25) is 0 Å². The largest absolute Gasteiger partial charge is 0.435 e. The van der Waals surface area contributed by atoms with E-state index in [2.05, 4.69) is 14.6 Å². The van der Waals surface area contributed by atoms with Crippen LogP contribution in [0.5, 0.6) is 11.5 Å². The first-order valence-electron chi connectivity index (χ1n) is 9.96. The third-order valence-corrected chi connectivity index (χ3v) is 7.04. The molecular weight excluding hydrogens is 547 g/mol. The van der Waals surface area contributed by atoms with Gasteiger partial charge in [0.25, 0.3) is 10.0 Å². The molecule has 0 aliphatic rings. The summed E-state index contributed by atoms with van der Waals surface area (Å²) in [4.78, 5) is -0.141. The molecule has 0 amide bonds. The van der Waals surface area contributed by atoms with Crippen molar-refractivity contribution in [1.29, 1.82) is 0 Å². The summed E-state index contributed by atoms with van der Waals surface area (Å²) in [5.74, 6) is -0.265. The van der Waals surface area contributed by atoms with Gasteiger partial charge in [0.15, 0.2) is 0 Å². The van der Waals surface area contributed by atoms with Crippen LogP contribution in [0, 0.1) is 0 Å². The highest BCUT2D eigenvalue weighted by Gasteiger charge is 2.28. The van der Waals surface area contributed by atoms with Crippen molar-refractivity contribution in [3.05, 3.63) is 82.8 Å². The van der Waals surface area contributed by atoms with Crippen LogP contribution in [0.15, 0.2) is 77.7 Å². The molecular formula is C23H14Cl2F4N2O4S. The SMILES string of the molecule is O=S(=O)(c1ccc(Cl)cc1)n1nc(-c2ccc(OC(F)F)cc2)c(Cl)c1-c1ccc(OC(F)F)cc1. The van der Waals surface area contributed by atoms with Crippen LogP contribution in [0.25, 0.3) is 22.5 Å². The van der Waals surface area contributed by atoms with Crippen molar-refractivity contribution in [2.45, 2.75) is 18.1 Å². The van der Waals surface area contributed by atoms with Crippen molar-refractivity contribution in [3.8, 4) is 34.0 Å². The first-order valence-corrected chi connectivity index (χ1v) is 12.2. The first kappa shape index (κ1) is 25.8. The van der Waals surface area contributed by atoms with Gasteiger partial charge in [-0.2, -0.15) is 35.2 Å². The third kappa shape index (κ3) is 5.43. The number of alkyl halides is 4. The van der Waals surface area contributed by atoms with Gasteiger partial charge in [0.05, 0.1) is 9.92 Å². The molecule has 4 aromatic rings. The maximum atomic E-state index is 13.5. The van der Waals surface area contributed by atoms with E-state index in [1.807, 2.05) is 0 Å². The molecule has 0 spiro atoms. The molecule has 1 heterocycles.